The van der Waals surface area contributed by atoms with Crippen molar-refractivity contribution in [1.82, 2.24) is 20.2 Å². The third kappa shape index (κ3) is 5.25. The molecular formula is C21H26N4O. The van der Waals surface area contributed by atoms with Crippen molar-refractivity contribution in [3.05, 3.63) is 76.8 Å². The Labute approximate surface area is 154 Å². The van der Waals surface area contributed by atoms with Gasteiger partial charge in [-0.1, -0.05) is 42.5 Å². The normalized spacial score (nSPS) is 11.1. The highest BCUT2D eigenvalue weighted by Gasteiger charge is 2.02. The molecule has 3 rings (SSSR count). The van der Waals surface area contributed by atoms with Crippen molar-refractivity contribution in [3.63, 3.8) is 0 Å². The first-order valence-corrected chi connectivity index (χ1v) is 9.24. The maximum Gasteiger partial charge on any atom is 0.261 e. The van der Waals surface area contributed by atoms with Gasteiger partial charge in [-0.3, -0.25) is 9.36 Å². The second kappa shape index (κ2) is 9.85. The van der Waals surface area contributed by atoms with Gasteiger partial charge in [0.1, 0.15) is 0 Å². The van der Waals surface area contributed by atoms with Crippen molar-refractivity contribution >= 4 is 10.9 Å². The summed E-state index contributed by atoms with van der Waals surface area (Å²) >= 11 is 0. The molecule has 26 heavy (non-hydrogen) atoms. The van der Waals surface area contributed by atoms with E-state index in [9.17, 15) is 4.79 Å². The van der Waals surface area contributed by atoms with Gasteiger partial charge >= 0.3 is 0 Å². The molecule has 136 valence electrons. The minimum absolute atomic E-state index is 0.0423. The van der Waals surface area contributed by atoms with E-state index in [1.807, 2.05) is 30.3 Å². The van der Waals surface area contributed by atoms with Crippen LogP contribution in [0.25, 0.3) is 10.9 Å². The van der Waals surface area contributed by atoms with Gasteiger partial charge in [0.15, 0.2) is 0 Å². The van der Waals surface area contributed by atoms with E-state index in [4.69, 9.17) is 0 Å². The quantitative estimate of drug-likeness (QED) is 0.552. The topological polar surface area (TPSA) is 59.0 Å². The van der Waals surface area contributed by atoms with Crippen molar-refractivity contribution in [2.45, 2.75) is 25.9 Å². The minimum atomic E-state index is 0.0423. The number of nitrogens with one attached hydrogen (secondary N) is 2. The predicted octanol–water partition coefficient (Wildman–Crippen LogP) is 2.56. The Morgan fingerprint density at radius 1 is 0.846 bits per heavy atom. The molecule has 3 aromatic rings. The molecule has 2 aromatic carbocycles. The van der Waals surface area contributed by atoms with Crippen LogP contribution in [0.4, 0.5) is 0 Å². The van der Waals surface area contributed by atoms with Gasteiger partial charge < -0.3 is 10.6 Å². The zero-order valence-corrected chi connectivity index (χ0v) is 15.0. The molecule has 5 nitrogen and oxygen atoms in total. The van der Waals surface area contributed by atoms with Crippen LogP contribution in [0.3, 0.4) is 0 Å². The maximum absolute atomic E-state index is 12.4. The first kappa shape index (κ1) is 18.3. The van der Waals surface area contributed by atoms with Gasteiger partial charge in [0, 0.05) is 13.1 Å². The highest BCUT2D eigenvalue weighted by molar-refractivity contribution is 5.76. The van der Waals surface area contributed by atoms with Crippen LogP contribution >= 0.6 is 0 Å². The van der Waals surface area contributed by atoms with E-state index in [1.54, 1.807) is 10.9 Å². The summed E-state index contributed by atoms with van der Waals surface area (Å²) < 4.78 is 1.70. The molecule has 0 atom stereocenters. The molecule has 1 aromatic heterocycles. The lowest BCUT2D eigenvalue weighted by Gasteiger charge is -2.08. The largest absolute Gasteiger partial charge is 0.317 e. The predicted molar refractivity (Wildman–Crippen MR) is 106 cm³/mol. The average molecular weight is 350 g/mol. The Morgan fingerprint density at radius 2 is 1.58 bits per heavy atom. The molecule has 0 amide bonds. The number of para-hydroxylation sites is 1. The molecule has 0 bridgehead atoms. The van der Waals surface area contributed by atoms with Crippen LogP contribution in [0.1, 0.15) is 18.4 Å². The Kier molecular flexibility index (Phi) is 6.93. The number of aromatic nitrogens is 2. The fraction of sp³-hybridized carbons (Fsp3) is 0.333. The van der Waals surface area contributed by atoms with Crippen LogP contribution in [-0.4, -0.2) is 29.2 Å². The summed E-state index contributed by atoms with van der Waals surface area (Å²) in [5, 5.41) is 7.57. The van der Waals surface area contributed by atoms with E-state index >= 15 is 0 Å². The van der Waals surface area contributed by atoms with Crippen molar-refractivity contribution in [2.24, 2.45) is 0 Å². The van der Waals surface area contributed by atoms with Crippen molar-refractivity contribution in [2.75, 3.05) is 19.6 Å². The van der Waals surface area contributed by atoms with E-state index in [2.05, 4.69) is 39.9 Å². The molecular weight excluding hydrogens is 324 g/mol. The minimum Gasteiger partial charge on any atom is -0.317 e. The highest BCUT2D eigenvalue weighted by Crippen LogP contribution is 2.04. The van der Waals surface area contributed by atoms with E-state index in [0.29, 0.717) is 11.9 Å². The maximum atomic E-state index is 12.4. The number of rotatable bonds is 10. The molecule has 0 unspecified atom stereocenters. The summed E-state index contributed by atoms with van der Waals surface area (Å²) in [5.74, 6) is 0. The molecule has 0 aliphatic heterocycles. The van der Waals surface area contributed by atoms with Gasteiger partial charge in [-0.15, -0.1) is 0 Å². The van der Waals surface area contributed by atoms with Crippen LogP contribution in [0.15, 0.2) is 65.7 Å². The zero-order valence-electron chi connectivity index (χ0n) is 15.0. The standard InChI is InChI=1S/C21H26N4O/c26-21-19-10-4-5-11-20(19)24-17-25(21)15-7-14-22-12-6-13-23-16-18-8-2-1-3-9-18/h1-5,8-11,17,22-23H,6-7,12-16H2. The summed E-state index contributed by atoms with van der Waals surface area (Å²) in [6.07, 6.45) is 3.65. The van der Waals surface area contributed by atoms with Crippen molar-refractivity contribution in [1.29, 1.82) is 0 Å². The number of hydrogen-bond donors (Lipinski definition) is 2. The fourth-order valence-electron chi connectivity index (χ4n) is 2.93. The molecule has 0 aliphatic rings. The van der Waals surface area contributed by atoms with Gasteiger partial charge in [-0.25, -0.2) is 4.98 Å². The molecule has 0 saturated carbocycles. The number of aryl methyl sites for hydroxylation is 1. The van der Waals surface area contributed by atoms with Crippen LogP contribution in [0.5, 0.6) is 0 Å². The van der Waals surface area contributed by atoms with E-state index in [-0.39, 0.29) is 5.56 Å². The number of hydrogen-bond acceptors (Lipinski definition) is 4. The molecule has 0 radical (unpaired) electrons. The highest BCUT2D eigenvalue weighted by atomic mass is 16.1. The van der Waals surface area contributed by atoms with Gasteiger partial charge in [0.05, 0.1) is 17.2 Å². The summed E-state index contributed by atoms with van der Waals surface area (Å²) in [6, 6.07) is 17.9. The Morgan fingerprint density at radius 3 is 2.46 bits per heavy atom. The first-order chi connectivity index (χ1) is 12.8. The first-order valence-electron chi connectivity index (χ1n) is 9.24. The average Bonchev–Trinajstić information content (AvgIpc) is 2.69. The Balaban J connectivity index is 1.29. The van der Waals surface area contributed by atoms with Gasteiger partial charge in [-0.2, -0.15) is 0 Å². The van der Waals surface area contributed by atoms with Crippen LogP contribution < -0.4 is 16.2 Å². The lowest BCUT2D eigenvalue weighted by atomic mass is 10.2. The number of nitrogens with zero attached hydrogens (tertiary/aromatic N) is 2. The summed E-state index contributed by atoms with van der Waals surface area (Å²) in [6.45, 7) is 4.48. The fourth-order valence-corrected chi connectivity index (χ4v) is 2.93. The van der Waals surface area contributed by atoms with E-state index < -0.39 is 0 Å². The summed E-state index contributed by atoms with van der Waals surface area (Å²) in [7, 11) is 0. The lowest BCUT2D eigenvalue weighted by molar-refractivity contribution is 0.547. The third-order valence-electron chi connectivity index (χ3n) is 4.36. The van der Waals surface area contributed by atoms with Gasteiger partial charge in [-0.05, 0) is 50.2 Å². The monoisotopic (exact) mass is 350 g/mol. The lowest BCUT2D eigenvalue weighted by Crippen LogP contribution is -2.25. The van der Waals surface area contributed by atoms with Crippen LogP contribution in [-0.2, 0) is 13.1 Å². The Bertz CT molecular complexity index is 861. The van der Waals surface area contributed by atoms with Crippen LogP contribution in [0, 0.1) is 0 Å². The summed E-state index contributed by atoms with van der Waals surface area (Å²) in [4.78, 5) is 16.7. The molecule has 2 N–H and O–H groups in total. The van der Waals surface area contributed by atoms with Crippen molar-refractivity contribution < 1.29 is 0 Å². The van der Waals surface area contributed by atoms with Crippen LogP contribution in [0.2, 0.25) is 0 Å². The van der Waals surface area contributed by atoms with Gasteiger partial charge in [0.2, 0.25) is 0 Å². The molecule has 0 saturated heterocycles. The molecule has 1 heterocycles. The van der Waals surface area contributed by atoms with E-state index in [1.165, 1.54) is 5.56 Å². The molecule has 5 heteroatoms. The molecule has 0 spiro atoms. The zero-order chi connectivity index (χ0) is 18.0. The smallest absolute Gasteiger partial charge is 0.261 e. The third-order valence-corrected chi connectivity index (χ3v) is 4.36. The second-order valence-corrected chi connectivity index (χ2v) is 6.38. The number of benzene rings is 2. The summed E-state index contributed by atoms with van der Waals surface area (Å²) in [5.41, 5.74) is 2.12. The Hall–Kier alpha value is -2.50. The molecule has 0 aliphatic carbocycles. The van der Waals surface area contributed by atoms with Crippen molar-refractivity contribution in [3.8, 4) is 0 Å². The SMILES string of the molecule is O=c1c2ccccc2ncn1CCCNCCCNCc1ccccc1. The molecule has 0 fully saturated rings. The number of fused-ring (bicyclic) bond motifs is 1. The van der Waals surface area contributed by atoms with E-state index in [0.717, 1.165) is 44.5 Å². The second-order valence-electron chi connectivity index (χ2n) is 6.38. The van der Waals surface area contributed by atoms with Gasteiger partial charge in [0.25, 0.3) is 5.56 Å².